The van der Waals surface area contributed by atoms with E-state index >= 15 is 0 Å². The SMILES string of the molecule is CC(C)(c1ccccc1)c1ccc2c(c1)c1cc(C(C)(C)c3ccccc3)ccc1n2-c1ccc2[c](c1)[Ge]([CH3])([CH3])[c]1c(-c3ccccc3)nc(-c3ccccc3)nc1-2. The molecule has 2 aromatic heterocycles. The number of hydrogen-bond acceptors (Lipinski definition) is 2. The van der Waals surface area contributed by atoms with Crippen LogP contribution in [0.4, 0.5) is 0 Å². The fourth-order valence-electron chi connectivity index (χ4n) is 9.42. The van der Waals surface area contributed by atoms with Gasteiger partial charge in [0.25, 0.3) is 0 Å². The van der Waals surface area contributed by atoms with Gasteiger partial charge in [-0.3, -0.25) is 0 Å². The zero-order valence-electron chi connectivity index (χ0n) is 34.1. The van der Waals surface area contributed by atoms with Gasteiger partial charge in [-0.05, 0) is 0 Å². The van der Waals surface area contributed by atoms with Crippen molar-refractivity contribution >= 4 is 43.9 Å². The van der Waals surface area contributed by atoms with E-state index in [0.29, 0.717) is 0 Å². The predicted octanol–water partition coefficient (Wildman–Crippen LogP) is 12.4. The van der Waals surface area contributed by atoms with E-state index in [9.17, 15) is 0 Å². The summed E-state index contributed by atoms with van der Waals surface area (Å²) in [5.74, 6) is 5.82. The molecule has 0 unspecified atom stereocenters. The van der Waals surface area contributed by atoms with Crippen LogP contribution < -0.4 is 8.79 Å². The van der Waals surface area contributed by atoms with Gasteiger partial charge in [0.2, 0.25) is 0 Å². The van der Waals surface area contributed by atoms with Crippen LogP contribution in [0, 0.1) is 0 Å². The van der Waals surface area contributed by atoms with Gasteiger partial charge in [0.1, 0.15) is 0 Å². The third-order valence-electron chi connectivity index (χ3n) is 13.0. The minimum atomic E-state index is -2.97. The number of nitrogens with zero attached hydrogens (tertiary/aromatic N) is 3. The van der Waals surface area contributed by atoms with Crippen molar-refractivity contribution in [1.29, 1.82) is 0 Å². The van der Waals surface area contributed by atoms with Crippen LogP contribution in [0.3, 0.4) is 0 Å². The van der Waals surface area contributed by atoms with Crippen molar-refractivity contribution in [2.45, 2.75) is 50.0 Å². The number of aromatic nitrogens is 3. The van der Waals surface area contributed by atoms with Gasteiger partial charge in [-0.25, -0.2) is 0 Å². The summed E-state index contributed by atoms with van der Waals surface area (Å²) in [5.41, 5.74) is 14.1. The minimum absolute atomic E-state index is 0.169. The molecule has 0 bridgehead atoms. The van der Waals surface area contributed by atoms with E-state index in [1.807, 2.05) is 0 Å². The molecular formula is C54H47GeN3. The van der Waals surface area contributed by atoms with Gasteiger partial charge >= 0.3 is 334 Å². The molecule has 0 saturated carbocycles. The molecule has 4 heteroatoms. The Kier molecular flexibility index (Phi) is 8.47. The second-order valence-corrected chi connectivity index (χ2v) is 26.5. The summed E-state index contributed by atoms with van der Waals surface area (Å²) < 4.78 is 5.31. The van der Waals surface area contributed by atoms with E-state index in [4.69, 9.17) is 9.97 Å². The Morgan fingerprint density at radius 2 is 0.914 bits per heavy atom. The molecule has 0 fully saturated rings. The molecule has 282 valence electrons. The average Bonchev–Trinajstić information content (AvgIpc) is 3.71. The first-order valence-electron chi connectivity index (χ1n) is 20.4. The van der Waals surface area contributed by atoms with Gasteiger partial charge in [0.05, 0.1) is 0 Å². The first kappa shape index (κ1) is 36.3. The molecule has 10 rings (SSSR count). The van der Waals surface area contributed by atoms with Gasteiger partial charge in [0, 0.05) is 0 Å². The van der Waals surface area contributed by atoms with Crippen molar-refractivity contribution in [1.82, 2.24) is 14.5 Å². The van der Waals surface area contributed by atoms with E-state index in [-0.39, 0.29) is 10.8 Å². The summed E-state index contributed by atoms with van der Waals surface area (Å²) in [6.07, 6.45) is 0. The van der Waals surface area contributed by atoms with Crippen molar-refractivity contribution in [2.75, 3.05) is 0 Å². The molecule has 1 aliphatic heterocycles. The Hall–Kier alpha value is -6.04. The fourth-order valence-corrected chi connectivity index (χ4v) is 16.2. The Labute approximate surface area is 344 Å². The predicted molar refractivity (Wildman–Crippen MR) is 247 cm³/mol. The van der Waals surface area contributed by atoms with E-state index in [1.54, 1.807) is 0 Å². The molecule has 0 saturated heterocycles. The van der Waals surface area contributed by atoms with E-state index in [1.165, 1.54) is 64.1 Å². The number of fused-ring (bicyclic) bond motifs is 6. The average molecular weight is 811 g/mol. The molecule has 3 nitrogen and oxygen atoms in total. The van der Waals surface area contributed by atoms with Crippen molar-refractivity contribution in [3.63, 3.8) is 0 Å². The molecule has 0 N–H and O–H groups in total. The summed E-state index contributed by atoms with van der Waals surface area (Å²) in [4.78, 5) is 10.7. The molecular weight excluding hydrogens is 763 g/mol. The Morgan fingerprint density at radius 1 is 0.448 bits per heavy atom. The molecule has 0 radical (unpaired) electrons. The maximum absolute atomic E-state index is 5.38. The zero-order chi connectivity index (χ0) is 39.8. The van der Waals surface area contributed by atoms with Gasteiger partial charge in [-0.15, -0.1) is 0 Å². The van der Waals surface area contributed by atoms with Crippen LogP contribution >= 0.6 is 0 Å². The second-order valence-electron chi connectivity index (χ2n) is 17.5. The van der Waals surface area contributed by atoms with Crippen LogP contribution in [0.25, 0.3) is 61.4 Å². The van der Waals surface area contributed by atoms with E-state index in [0.717, 1.165) is 28.3 Å². The summed E-state index contributed by atoms with van der Waals surface area (Å²) in [7, 11) is 0. The number of hydrogen-bond donors (Lipinski definition) is 0. The molecule has 7 aromatic carbocycles. The molecule has 58 heavy (non-hydrogen) atoms. The summed E-state index contributed by atoms with van der Waals surface area (Å²) >= 11 is -2.97. The molecule has 3 heterocycles. The van der Waals surface area contributed by atoms with Crippen LogP contribution in [0.15, 0.2) is 176 Å². The Balaban J connectivity index is 1.19. The van der Waals surface area contributed by atoms with Crippen LogP contribution in [0.2, 0.25) is 11.5 Å². The fraction of sp³-hybridized carbons (Fsp3) is 0.148. The normalized spacial score (nSPS) is 13.5. The molecule has 0 amide bonds. The van der Waals surface area contributed by atoms with Crippen LogP contribution in [-0.2, 0) is 10.8 Å². The van der Waals surface area contributed by atoms with Gasteiger partial charge < -0.3 is 0 Å². The molecule has 0 spiro atoms. The van der Waals surface area contributed by atoms with Crippen LogP contribution in [0.5, 0.6) is 0 Å². The third kappa shape index (κ3) is 5.70. The topological polar surface area (TPSA) is 30.7 Å². The third-order valence-corrected chi connectivity index (χ3v) is 20.3. The quantitative estimate of drug-likeness (QED) is 0.150. The van der Waals surface area contributed by atoms with Crippen molar-refractivity contribution in [3.8, 4) is 39.6 Å². The number of rotatable bonds is 7. The summed E-state index contributed by atoms with van der Waals surface area (Å²) in [6.45, 7) is 9.37. The van der Waals surface area contributed by atoms with Gasteiger partial charge in [-0.2, -0.15) is 0 Å². The zero-order valence-corrected chi connectivity index (χ0v) is 36.2. The van der Waals surface area contributed by atoms with E-state index < -0.39 is 13.3 Å². The Morgan fingerprint density at radius 3 is 1.43 bits per heavy atom. The molecule has 1 aliphatic rings. The Bertz CT molecular complexity index is 2890. The summed E-state index contributed by atoms with van der Waals surface area (Å²) in [6, 6.07) is 64.4. The maximum atomic E-state index is 5.38. The first-order valence-corrected chi connectivity index (χ1v) is 26.7. The first-order chi connectivity index (χ1) is 28.0. The number of benzene rings is 7. The molecule has 0 atom stereocenters. The van der Waals surface area contributed by atoms with Crippen LogP contribution in [-0.4, -0.2) is 27.8 Å². The monoisotopic (exact) mass is 811 g/mol. The van der Waals surface area contributed by atoms with Crippen LogP contribution in [0.1, 0.15) is 49.9 Å². The standard InChI is InChI=1S/C54H47GeN3/c1-53(2,38-23-15-9-16-24-38)40-27-31-47-44(33-40)45-34-41(54(3,4)39-25-17-10-18-26-39)28-32-48(45)58(47)42-29-30-43-46(35-42)55(5,6)49-50(36-19-11-7-12-20-36)56-52(57-51(43)49)37-21-13-8-14-22-37/h7-35H,1-6H3. The molecule has 9 aromatic rings. The van der Waals surface area contributed by atoms with Crippen molar-refractivity contribution < 1.29 is 0 Å². The van der Waals surface area contributed by atoms with Gasteiger partial charge in [-0.1, -0.05) is 12.1 Å². The van der Waals surface area contributed by atoms with Crippen molar-refractivity contribution in [3.05, 3.63) is 198 Å². The second kappa shape index (κ2) is 13.5. The van der Waals surface area contributed by atoms with Crippen molar-refractivity contribution in [2.24, 2.45) is 0 Å². The van der Waals surface area contributed by atoms with E-state index in [2.05, 4.69) is 220 Å². The summed E-state index contributed by atoms with van der Waals surface area (Å²) in [5, 5.41) is 2.55. The van der Waals surface area contributed by atoms with Gasteiger partial charge in [0.15, 0.2) is 0 Å². The molecule has 0 aliphatic carbocycles.